The second-order valence-corrected chi connectivity index (χ2v) is 7.60. The van der Waals surface area contributed by atoms with Crippen LogP contribution >= 0.6 is 11.3 Å². The number of amides is 3. The van der Waals surface area contributed by atoms with E-state index in [1.807, 2.05) is 24.4 Å². The normalized spacial score (nSPS) is 10.6. The van der Waals surface area contributed by atoms with E-state index < -0.39 is 0 Å². The van der Waals surface area contributed by atoms with Gasteiger partial charge in [0.25, 0.3) is 0 Å². The van der Waals surface area contributed by atoms with Gasteiger partial charge in [0.05, 0.1) is 24.9 Å². The third-order valence-corrected chi connectivity index (χ3v) is 5.18. The van der Waals surface area contributed by atoms with Crippen molar-refractivity contribution in [1.82, 2.24) is 10.3 Å². The van der Waals surface area contributed by atoms with E-state index in [2.05, 4.69) is 20.9 Å². The molecule has 0 radical (unpaired) electrons. The zero-order valence-electron chi connectivity index (χ0n) is 16.7. The number of hydrogen-bond acceptors (Lipinski definition) is 6. The van der Waals surface area contributed by atoms with E-state index in [1.54, 1.807) is 42.7 Å². The Kier molecular flexibility index (Phi) is 6.13. The Labute approximate surface area is 182 Å². The number of thiazole rings is 1. The monoisotopic (exact) mass is 436 g/mol. The van der Waals surface area contributed by atoms with Gasteiger partial charge < -0.3 is 24.8 Å². The Bertz CT molecular complexity index is 1160. The number of rotatable bonds is 7. The lowest BCUT2D eigenvalue weighted by Crippen LogP contribution is -2.27. The lowest BCUT2D eigenvalue weighted by Gasteiger charge is -2.08. The molecule has 0 aliphatic heterocycles. The number of urea groups is 1. The highest BCUT2D eigenvalue weighted by Gasteiger charge is 2.12. The van der Waals surface area contributed by atoms with Crippen LogP contribution in [0.4, 0.5) is 16.2 Å². The second-order valence-electron chi connectivity index (χ2n) is 6.74. The first-order chi connectivity index (χ1) is 15.0. The molecule has 0 atom stereocenters. The summed E-state index contributed by atoms with van der Waals surface area (Å²) >= 11 is 1.44. The van der Waals surface area contributed by atoms with E-state index >= 15 is 0 Å². The molecule has 0 aliphatic carbocycles. The van der Waals surface area contributed by atoms with Crippen molar-refractivity contribution in [2.75, 3.05) is 10.6 Å². The van der Waals surface area contributed by atoms with Crippen LogP contribution in [0.25, 0.3) is 10.8 Å². The lowest BCUT2D eigenvalue weighted by atomic mass is 10.2. The zero-order valence-corrected chi connectivity index (χ0v) is 17.5. The third-order valence-electron chi connectivity index (χ3n) is 4.27. The Morgan fingerprint density at radius 1 is 1.03 bits per heavy atom. The molecule has 3 aromatic heterocycles. The smallest absolute Gasteiger partial charge is 0.319 e. The predicted octanol–water partition coefficient (Wildman–Crippen LogP) is 4.81. The maximum absolute atomic E-state index is 12.3. The SMILES string of the molecule is Cc1ccc(-c2nc(CC(=O)Nc3ccc(NC(=O)NCc4ccco4)cc3)cs2)o1. The van der Waals surface area contributed by atoms with Gasteiger partial charge in [-0.05, 0) is 55.5 Å². The number of hydrogen-bond donors (Lipinski definition) is 3. The topological polar surface area (TPSA) is 109 Å². The Morgan fingerprint density at radius 3 is 2.48 bits per heavy atom. The minimum absolute atomic E-state index is 0.158. The van der Waals surface area contributed by atoms with E-state index in [1.165, 1.54) is 11.3 Å². The standard InChI is InChI=1S/C22H20N4O4S/c1-14-4-9-19(30-14)21-25-17(13-31-21)11-20(27)24-15-5-7-16(8-6-15)26-22(28)23-12-18-3-2-10-29-18/h2-10,13H,11-12H2,1H3,(H,24,27)(H2,23,26,28). The van der Waals surface area contributed by atoms with E-state index in [4.69, 9.17) is 8.83 Å². The summed E-state index contributed by atoms with van der Waals surface area (Å²) in [7, 11) is 0. The first-order valence-corrected chi connectivity index (χ1v) is 10.4. The highest BCUT2D eigenvalue weighted by atomic mass is 32.1. The van der Waals surface area contributed by atoms with Crippen molar-refractivity contribution in [1.29, 1.82) is 0 Å². The maximum Gasteiger partial charge on any atom is 0.319 e. The van der Waals surface area contributed by atoms with Crippen molar-refractivity contribution in [3.63, 3.8) is 0 Å². The number of carbonyl (C=O) groups is 2. The van der Waals surface area contributed by atoms with Gasteiger partial charge in [0, 0.05) is 16.8 Å². The van der Waals surface area contributed by atoms with Crippen molar-refractivity contribution >= 4 is 34.6 Å². The molecule has 9 heteroatoms. The molecule has 0 aliphatic rings. The summed E-state index contributed by atoms with van der Waals surface area (Å²) in [6, 6.07) is 13.8. The van der Waals surface area contributed by atoms with Crippen LogP contribution in [0.15, 0.2) is 69.0 Å². The van der Waals surface area contributed by atoms with Gasteiger partial charge in [-0.15, -0.1) is 11.3 Å². The molecular formula is C22H20N4O4S. The molecule has 158 valence electrons. The summed E-state index contributed by atoms with van der Waals surface area (Å²) in [6.07, 6.45) is 1.71. The number of aromatic nitrogens is 1. The van der Waals surface area contributed by atoms with Gasteiger partial charge in [-0.1, -0.05) is 0 Å². The number of nitrogens with zero attached hydrogens (tertiary/aromatic N) is 1. The largest absolute Gasteiger partial charge is 0.467 e. The van der Waals surface area contributed by atoms with Gasteiger partial charge in [0.15, 0.2) is 10.8 Å². The fourth-order valence-corrected chi connectivity index (χ4v) is 3.59. The van der Waals surface area contributed by atoms with Crippen LogP contribution in [0.2, 0.25) is 0 Å². The molecule has 3 heterocycles. The summed E-state index contributed by atoms with van der Waals surface area (Å²) in [5.74, 6) is 2.01. The van der Waals surface area contributed by atoms with Crippen LogP contribution in [-0.4, -0.2) is 16.9 Å². The third kappa shape index (κ3) is 5.61. The predicted molar refractivity (Wildman–Crippen MR) is 118 cm³/mol. The second kappa shape index (κ2) is 9.31. The van der Waals surface area contributed by atoms with Gasteiger partial charge in [-0.3, -0.25) is 4.79 Å². The van der Waals surface area contributed by atoms with Crippen LogP contribution < -0.4 is 16.0 Å². The Morgan fingerprint density at radius 2 is 1.81 bits per heavy atom. The molecule has 3 N–H and O–H groups in total. The molecule has 8 nitrogen and oxygen atoms in total. The number of furan rings is 2. The fraction of sp³-hybridized carbons (Fsp3) is 0.136. The van der Waals surface area contributed by atoms with Gasteiger partial charge in [0.1, 0.15) is 11.5 Å². The molecule has 4 aromatic rings. The first kappa shape index (κ1) is 20.4. The summed E-state index contributed by atoms with van der Waals surface area (Å²) in [6.45, 7) is 2.17. The summed E-state index contributed by atoms with van der Waals surface area (Å²) < 4.78 is 10.7. The van der Waals surface area contributed by atoms with Crippen LogP contribution in [0.1, 0.15) is 17.2 Å². The number of carbonyl (C=O) groups excluding carboxylic acids is 2. The van der Waals surface area contributed by atoms with Crippen molar-refractivity contribution in [2.24, 2.45) is 0 Å². The van der Waals surface area contributed by atoms with Crippen molar-refractivity contribution < 1.29 is 18.4 Å². The first-order valence-electron chi connectivity index (χ1n) is 9.53. The number of aryl methyl sites for hydroxylation is 1. The average Bonchev–Trinajstić information content (AvgIpc) is 3.50. The van der Waals surface area contributed by atoms with E-state index in [9.17, 15) is 9.59 Å². The molecular weight excluding hydrogens is 416 g/mol. The summed E-state index contributed by atoms with van der Waals surface area (Å²) in [5, 5.41) is 10.8. The van der Waals surface area contributed by atoms with Gasteiger partial charge in [-0.25, -0.2) is 9.78 Å². The number of benzene rings is 1. The van der Waals surface area contributed by atoms with Crippen molar-refractivity contribution in [2.45, 2.75) is 19.9 Å². The molecule has 0 spiro atoms. The fourth-order valence-electron chi connectivity index (χ4n) is 2.81. The highest BCUT2D eigenvalue weighted by molar-refractivity contribution is 7.13. The molecule has 0 bridgehead atoms. The van der Waals surface area contributed by atoms with Gasteiger partial charge >= 0.3 is 6.03 Å². The zero-order chi connectivity index (χ0) is 21.6. The van der Waals surface area contributed by atoms with Crippen LogP contribution in [0, 0.1) is 6.92 Å². The van der Waals surface area contributed by atoms with E-state index in [-0.39, 0.29) is 18.4 Å². The molecule has 1 aromatic carbocycles. The van der Waals surface area contributed by atoms with Gasteiger partial charge in [0.2, 0.25) is 5.91 Å². The molecule has 0 unspecified atom stereocenters. The molecule has 0 saturated heterocycles. The minimum atomic E-state index is -0.348. The molecule has 0 saturated carbocycles. The highest BCUT2D eigenvalue weighted by Crippen LogP contribution is 2.25. The molecule has 0 fully saturated rings. The Hall–Kier alpha value is -3.85. The molecule has 31 heavy (non-hydrogen) atoms. The van der Waals surface area contributed by atoms with Gasteiger partial charge in [-0.2, -0.15) is 0 Å². The van der Waals surface area contributed by atoms with Crippen molar-refractivity contribution in [3.8, 4) is 10.8 Å². The minimum Gasteiger partial charge on any atom is -0.467 e. The summed E-state index contributed by atoms with van der Waals surface area (Å²) in [5.41, 5.74) is 1.91. The van der Waals surface area contributed by atoms with E-state index in [0.717, 1.165) is 10.8 Å². The van der Waals surface area contributed by atoms with Crippen LogP contribution in [0.5, 0.6) is 0 Å². The number of nitrogens with one attached hydrogen (secondary N) is 3. The maximum atomic E-state index is 12.3. The lowest BCUT2D eigenvalue weighted by molar-refractivity contribution is -0.115. The van der Waals surface area contributed by atoms with Crippen LogP contribution in [-0.2, 0) is 17.8 Å². The molecule has 4 rings (SSSR count). The van der Waals surface area contributed by atoms with Crippen LogP contribution in [0.3, 0.4) is 0 Å². The summed E-state index contributed by atoms with van der Waals surface area (Å²) in [4.78, 5) is 28.7. The van der Waals surface area contributed by atoms with E-state index in [0.29, 0.717) is 35.1 Å². The van der Waals surface area contributed by atoms with Crippen molar-refractivity contribution in [3.05, 3.63) is 77.4 Å². The quantitative estimate of drug-likeness (QED) is 0.385. The number of anilines is 2. The average molecular weight is 436 g/mol. The Balaban J connectivity index is 1.26. The molecule has 3 amide bonds.